The van der Waals surface area contributed by atoms with E-state index in [2.05, 4.69) is 42.6 Å². The minimum atomic E-state index is -0.590. The number of benzene rings is 1. The van der Waals surface area contributed by atoms with Crippen molar-refractivity contribution in [3.63, 3.8) is 0 Å². The van der Waals surface area contributed by atoms with Gasteiger partial charge in [0.15, 0.2) is 28.4 Å². The van der Waals surface area contributed by atoms with Gasteiger partial charge in [-0.3, -0.25) is 30.2 Å². The fraction of sp³-hybridized carbons (Fsp3) is 0.478. The van der Waals surface area contributed by atoms with E-state index < -0.39 is 12.1 Å². The summed E-state index contributed by atoms with van der Waals surface area (Å²) in [5.41, 5.74) is 12.1. The quantitative estimate of drug-likeness (QED) is 0.394. The van der Waals surface area contributed by atoms with Crippen LogP contribution in [0.1, 0.15) is 28.9 Å². The number of piperidine rings is 1. The predicted molar refractivity (Wildman–Crippen MR) is 139 cm³/mol. The Kier molecular flexibility index (Phi) is 7.42. The number of carbonyl (C=O) groups is 1. The lowest BCUT2D eigenvalue weighted by molar-refractivity contribution is -0.177. The highest BCUT2D eigenvalue weighted by atomic mass is 35.5. The lowest BCUT2D eigenvalue weighted by atomic mass is 9.89. The van der Waals surface area contributed by atoms with Crippen LogP contribution < -0.4 is 22.1 Å². The molecule has 14 heteroatoms. The van der Waals surface area contributed by atoms with Crippen LogP contribution in [-0.2, 0) is 11.3 Å². The number of hydrogen-bond acceptors (Lipinski definition) is 12. The number of nitrogens with zero attached hydrogens (tertiary/aromatic N) is 6. The van der Waals surface area contributed by atoms with Gasteiger partial charge in [-0.25, -0.2) is 9.97 Å². The van der Waals surface area contributed by atoms with Gasteiger partial charge in [0.1, 0.15) is 6.23 Å². The van der Waals surface area contributed by atoms with E-state index in [1.807, 2.05) is 18.2 Å². The van der Waals surface area contributed by atoms with E-state index >= 15 is 0 Å². The molecule has 1 aromatic carbocycles. The van der Waals surface area contributed by atoms with Crippen LogP contribution >= 0.6 is 11.6 Å². The topological polar surface area (TPSA) is 173 Å². The van der Waals surface area contributed by atoms with Gasteiger partial charge in [-0.2, -0.15) is 0 Å². The van der Waals surface area contributed by atoms with Gasteiger partial charge in [0, 0.05) is 32.7 Å². The van der Waals surface area contributed by atoms with Crippen molar-refractivity contribution in [2.45, 2.75) is 31.2 Å². The number of hydroxylamine groups is 1. The van der Waals surface area contributed by atoms with Crippen LogP contribution in [-0.4, -0.2) is 88.0 Å². The molecule has 2 fully saturated rings. The van der Waals surface area contributed by atoms with E-state index in [0.717, 1.165) is 18.3 Å². The summed E-state index contributed by atoms with van der Waals surface area (Å²) in [6, 6.07) is 10.2. The minimum absolute atomic E-state index is 0.0484. The van der Waals surface area contributed by atoms with Crippen molar-refractivity contribution in [2.24, 2.45) is 4.99 Å². The van der Waals surface area contributed by atoms with Gasteiger partial charge in [0.2, 0.25) is 0 Å². The molecule has 1 amide bonds. The number of hydrazine groups is 1. The molecule has 3 aliphatic rings. The highest BCUT2D eigenvalue weighted by Crippen LogP contribution is 2.28. The molecule has 1 aromatic heterocycles. The molecule has 3 aliphatic heterocycles. The Morgan fingerprint density at radius 3 is 2.73 bits per heavy atom. The molecule has 1 spiro atoms. The van der Waals surface area contributed by atoms with Gasteiger partial charge in [0.05, 0.1) is 18.7 Å². The first kappa shape index (κ1) is 25.6. The zero-order valence-electron chi connectivity index (χ0n) is 20.3. The van der Waals surface area contributed by atoms with Crippen LogP contribution in [0, 0.1) is 5.21 Å². The molecule has 5 rings (SSSR count). The molecule has 2 saturated heterocycles. The lowest BCUT2D eigenvalue weighted by Crippen LogP contribution is -2.61. The summed E-state index contributed by atoms with van der Waals surface area (Å²) in [4.78, 5) is 27.1. The number of amides is 1. The average Bonchev–Trinajstić information content (AvgIpc) is 3.28. The molecule has 0 aliphatic carbocycles. The second-order valence-electron chi connectivity index (χ2n) is 9.46. The number of nitrogens with one attached hydrogen (secondary N) is 2. The predicted octanol–water partition coefficient (Wildman–Crippen LogP) is 0.391. The summed E-state index contributed by atoms with van der Waals surface area (Å²) in [5.74, 6) is -0.442. The van der Waals surface area contributed by atoms with Crippen molar-refractivity contribution in [2.75, 3.05) is 50.8 Å². The molecule has 6 N–H and O–H groups in total. The first-order valence-corrected chi connectivity index (χ1v) is 12.5. The average molecular weight is 530 g/mol. The van der Waals surface area contributed by atoms with E-state index in [-0.39, 0.29) is 28.0 Å². The number of rotatable bonds is 5. The molecular formula is C23H30ClN10O3-. The van der Waals surface area contributed by atoms with Gasteiger partial charge in [0.25, 0.3) is 5.91 Å². The summed E-state index contributed by atoms with van der Waals surface area (Å²) in [6.07, 6.45) is 0.794. The highest BCUT2D eigenvalue weighted by molar-refractivity contribution is 6.31. The minimum Gasteiger partial charge on any atom is -0.770 e. The van der Waals surface area contributed by atoms with E-state index in [4.69, 9.17) is 27.8 Å². The Hall–Kier alpha value is -3.07. The van der Waals surface area contributed by atoms with Gasteiger partial charge < -0.3 is 26.7 Å². The Bertz CT molecular complexity index is 1160. The van der Waals surface area contributed by atoms with Gasteiger partial charge in [-0.05, 0) is 18.4 Å². The third kappa shape index (κ3) is 5.76. The largest absolute Gasteiger partial charge is 0.770 e. The van der Waals surface area contributed by atoms with Crippen LogP contribution in [0.25, 0.3) is 0 Å². The number of anilines is 2. The first-order chi connectivity index (χ1) is 17.8. The number of carbonyl (C=O) groups excluding carboxylic acids is 1. The maximum Gasteiger partial charge on any atom is 0.280 e. The number of nitrogens with two attached hydrogens (primary N) is 2. The van der Waals surface area contributed by atoms with Crippen LogP contribution in [0.4, 0.5) is 11.6 Å². The molecule has 37 heavy (non-hydrogen) atoms. The molecule has 0 bridgehead atoms. The van der Waals surface area contributed by atoms with Gasteiger partial charge in [-0.15, -0.1) is 0 Å². The lowest BCUT2D eigenvalue weighted by Gasteiger charge is -2.51. The molecule has 198 valence electrons. The third-order valence-corrected chi connectivity index (χ3v) is 7.16. The molecular weight excluding hydrogens is 500 g/mol. The second kappa shape index (κ2) is 10.7. The van der Waals surface area contributed by atoms with Gasteiger partial charge in [-0.1, -0.05) is 41.9 Å². The maximum atomic E-state index is 13.1. The number of guanidine groups is 1. The molecule has 4 heterocycles. The summed E-state index contributed by atoms with van der Waals surface area (Å²) < 4.78 is 5.81. The van der Waals surface area contributed by atoms with Crippen molar-refractivity contribution >= 4 is 35.1 Å². The monoisotopic (exact) mass is 529 g/mol. The number of hydrogen-bond donors (Lipinski definition) is 4. The van der Waals surface area contributed by atoms with Crippen molar-refractivity contribution < 1.29 is 9.53 Å². The van der Waals surface area contributed by atoms with E-state index in [0.29, 0.717) is 51.6 Å². The van der Waals surface area contributed by atoms with Crippen LogP contribution in [0.3, 0.4) is 0 Å². The summed E-state index contributed by atoms with van der Waals surface area (Å²) in [5, 5.41) is 21.8. The van der Waals surface area contributed by atoms with Crippen molar-refractivity contribution in [1.82, 2.24) is 35.7 Å². The molecule has 1 unspecified atom stereocenters. The number of morpholine rings is 1. The fourth-order valence-corrected chi connectivity index (χ4v) is 4.92. The summed E-state index contributed by atoms with van der Waals surface area (Å²) in [6.45, 7) is 4.18. The van der Waals surface area contributed by atoms with E-state index in [1.165, 1.54) is 5.56 Å². The third-order valence-electron chi connectivity index (χ3n) is 6.88. The van der Waals surface area contributed by atoms with Crippen LogP contribution in [0.15, 0.2) is 35.3 Å². The number of nitrogen functional groups attached to an aromatic ring is 2. The molecule has 0 saturated carbocycles. The standard InChI is InChI=1S/C23H30ClN10O3/c24-18-20(26)29-19(25)17(28-18)21(35)30-22-27-14-23(31-22)6-8-33(9-7-23)34(36)16-13-32(10-11-37-16)12-15-4-2-1-3-5-15/h1-5,16H,6-14H2,(H4,25,26,29)(H2,27,30,31,35)/q-1. The van der Waals surface area contributed by atoms with E-state index in [1.54, 1.807) is 5.01 Å². The fourth-order valence-electron chi connectivity index (χ4n) is 4.79. The van der Waals surface area contributed by atoms with E-state index in [9.17, 15) is 10.0 Å². The second-order valence-corrected chi connectivity index (χ2v) is 9.82. The summed E-state index contributed by atoms with van der Waals surface area (Å²) >= 11 is 5.88. The van der Waals surface area contributed by atoms with Crippen molar-refractivity contribution in [1.29, 1.82) is 0 Å². The number of halogens is 1. The Balaban J connectivity index is 1.11. The first-order valence-electron chi connectivity index (χ1n) is 12.1. The smallest absolute Gasteiger partial charge is 0.280 e. The Morgan fingerprint density at radius 1 is 1.22 bits per heavy atom. The van der Waals surface area contributed by atoms with Crippen molar-refractivity contribution in [3.8, 4) is 0 Å². The summed E-state index contributed by atoms with van der Waals surface area (Å²) in [7, 11) is 0. The zero-order chi connectivity index (χ0) is 26.0. The van der Waals surface area contributed by atoms with Crippen LogP contribution in [0.5, 0.6) is 0 Å². The zero-order valence-corrected chi connectivity index (χ0v) is 21.0. The maximum absolute atomic E-state index is 13.1. The Labute approximate surface area is 219 Å². The molecule has 13 nitrogen and oxygen atoms in total. The number of aliphatic imine (C=N–C) groups is 1. The SMILES string of the molecule is Nc1nc(N)c(C(=O)NC2=NCC3(CCN(N([O-])C4CN(Cc5ccccc5)CCO4)CC3)N2)nc1Cl. The molecule has 1 atom stereocenters. The highest BCUT2D eigenvalue weighted by Gasteiger charge is 2.40. The van der Waals surface area contributed by atoms with Crippen molar-refractivity contribution in [3.05, 3.63) is 51.9 Å². The molecule has 0 radical (unpaired) electrons. The Morgan fingerprint density at radius 2 is 1.97 bits per heavy atom. The number of aromatic nitrogens is 2. The normalized spacial score (nSPS) is 22.1. The molecule has 2 aromatic rings. The van der Waals surface area contributed by atoms with Crippen LogP contribution in [0.2, 0.25) is 5.15 Å². The van der Waals surface area contributed by atoms with Gasteiger partial charge >= 0.3 is 0 Å². The number of ether oxygens (including phenoxy) is 1.